The number of amides is 1. The van der Waals surface area contributed by atoms with E-state index in [-0.39, 0.29) is 17.9 Å². The summed E-state index contributed by atoms with van der Waals surface area (Å²) in [5, 5.41) is 14.6. The van der Waals surface area contributed by atoms with E-state index < -0.39 is 5.60 Å². The minimum absolute atomic E-state index is 0.0465. The first kappa shape index (κ1) is 25.6. The van der Waals surface area contributed by atoms with Crippen LogP contribution < -0.4 is 19.5 Å². The molecular weight excluding hydrogens is 420 g/mol. The number of hydrogen-bond acceptors (Lipinski definition) is 6. The van der Waals surface area contributed by atoms with E-state index >= 15 is 0 Å². The molecule has 0 bridgehead atoms. The van der Waals surface area contributed by atoms with E-state index in [4.69, 9.17) is 14.2 Å². The van der Waals surface area contributed by atoms with E-state index in [1.54, 1.807) is 21.3 Å². The van der Waals surface area contributed by atoms with Gasteiger partial charge in [0.2, 0.25) is 11.7 Å². The first-order valence-electron chi connectivity index (χ1n) is 12.5. The van der Waals surface area contributed by atoms with Crippen molar-refractivity contribution in [3.63, 3.8) is 0 Å². The zero-order chi connectivity index (χ0) is 23.8. The van der Waals surface area contributed by atoms with Crippen LogP contribution in [0.1, 0.15) is 76.3 Å². The summed E-state index contributed by atoms with van der Waals surface area (Å²) < 4.78 is 16.7. The molecule has 33 heavy (non-hydrogen) atoms. The van der Waals surface area contributed by atoms with Crippen LogP contribution in [0.25, 0.3) is 0 Å². The standard InChI is InChI=1S/C26H42N2O5/c1-5-6-7-10-14-27-23(29)18-28-15-13-26(30)12-9-8-11-20(26)24(28)19-16-21(31-2)25(33-4)22(17-19)32-3/h16-17,20,24,30H,5-15,18H2,1-4H3,(H,27,29)/t20-,24-,26-/m0/s1. The van der Waals surface area contributed by atoms with Crippen LogP contribution in [0.4, 0.5) is 0 Å². The molecule has 2 aliphatic rings. The smallest absolute Gasteiger partial charge is 0.234 e. The van der Waals surface area contributed by atoms with Gasteiger partial charge in [-0.1, -0.05) is 39.0 Å². The van der Waals surface area contributed by atoms with Crippen molar-refractivity contribution in [2.24, 2.45) is 5.92 Å². The normalized spacial score (nSPS) is 25.2. The summed E-state index contributed by atoms with van der Waals surface area (Å²) in [5.41, 5.74) is 0.293. The third-order valence-corrected chi connectivity index (χ3v) is 7.40. The SMILES string of the molecule is CCCCCCNC(=O)CN1CC[C@@]2(O)CCCC[C@H]2[C@@H]1c1cc(OC)c(OC)c(OC)c1. The Labute approximate surface area is 198 Å². The Bertz CT molecular complexity index is 761. The molecule has 3 atom stereocenters. The summed E-state index contributed by atoms with van der Waals surface area (Å²) in [7, 11) is 4.82. The monoisotopic (exact) mass is 462 g/mol. The maximum absolute atomic E-state index is 12.8. The maximum atomic E-state index is 12.8. The third kappa shape index (κ3) is 5.93. The molecule has 3 rings (SSSR count). The van der Waals surface area contributed by atoms with Crippen molar-refractivity contribution in [2.45, 2.75) is 76.4 Å². The van der Waals surface area contributed by atoms with Crippen LogP contribution in [0.5, 0.6) is 17.2 Å². The minimum atomic E-state index is -0.698. The first-order valence-corrected chi connectivity index (χ1v) is 12.5. The highest BCUT2D eigenvalue weighted by atomic mass is 16.5. The fraction of sp³-hybridized carbons (Fsp3) is 0.731. The summed E-state index contributed by atoms with van der Waals surface area (Å²) in [4.78, 5) is 15.1. The molecule has 1 amide bonds. The molecule has 7 heteroatoms. The number of carbonyl (C=O) groups excluding carboxylic acids is 1. The zero-order valence-electron chi connectivity index (χ0n) is 20.8. The largest absolute Gasteiger partial charge is 0.493 e. The van der Waals surface area contributed by atoms with Crippen molar-refractivity contribution >= 4 is 5.91 Å². The van der Waals surface area contributed by atoms with E-state index in [0.717, 1.165) is 50.6 Å². The molecule has 1 heterocycles. The van der Waals surface area contributed by atoms with E-state index in [2.05, 4.69) is 17.1 Å². The number of ether oxygens (including phenoxy) is 3. The number of benzene rings is 1. The van der Waals surface area contributed by atoms with Gasteiger partial charge in [0, 0.05) is 25.0 Å². The van der Waals surface area contributed by atoms with Gasteiger partial charge in [-0.15, -0.1) is 0 Å². The molecule has 7 nitrogen and oxygen atoms in total. The van der Waals surface area contributed by atoms with E-state index in [9.17, 15) is 9.90 Å². The number of unbranched alkanes of at least 4 members (excludes halogenated alkanes) is 3. The average molecular weight is 463 g/mol. The number of piperidine rings is 1. The quantitative estimate of drug-likeness (QED) is 0.483. The highest BCUT2D eigenvalue weighted by Gasteiger charge is 2.49. The van der Waals surface area contributed by atoms with Crippen molar-refractivity contribution in [1.82, 2.24) is 10.2 Å². The third-order valence-electron chi connectivity index (χ3n) is 7.40. The zero-order valence-corrected chi connectivity index (χ0v) is 20.8. The van der Waals surface area contributed by atoms with E-state index in [1.807, 2.05) is 12.1 Å². The van der Waals surface area contributed by atoms with Gasteiger partial charge >= 0.3 is 0 Å². The van der Waals surface area contributed by atoms with E-state index in [1.165, 1.54) is 12.8 Å². The second kappa shape index (κ2) is 11.9. The van der Waals surface area contributed by atoms with Crippen LogP contribution in [-0.2, 0) is 4.79 Å². The summed E-state index contributed by atoms with van der Waals surface area (Å²) >= 11 is 0. The predicted octanol–water partition coefficient (Wildman–Crippen LogP) is 4.08. The number of likely N-dealkylation sites (tertiary alicyclic amines) is 1. The van der Waals surface area contributed by atoms with Gasteiger partial charge in [0.1, 0.15) is 0 Å². The Balaban J connectivity index is 1.86. The van der Waals surface area contributed by atoms with Crippen molar-refractivity contribution in [2.75, 3.05) is 41.0 Å². The van der Waals surface area contributed by atoms with Crippen LogP contribution >= 0.6 is 0 Å². The van der Waals surface area contributed by atoms with Gasteiger partial charge in [0.15, 0.2) is 11.5 Å². The summed E-state index contributed by atoms with van der Waals surface area (Å²) in [5.74, 6) is 1.84. The van der Waals surface area contributed by atoms with Gasteiger partial charge in [0.25, 0.3) is 0 Å². The average Bonchev–Trinajstić information content (AvgIpc) is 2.82. The molecular formula is C26H42N2O5. The number of fused-ring (bicyclic) bond motifs is 1. The first-order chi connectivity index (χ1) is 16.0. The number of hydrogen-bond donors (Lipinski definition) is 2. The van der Waals surface area contributed by atoms with Gasteiger partial charge in [0.05, 0.1) is 33.5 Å². The molecule has 1 saturated heterocycles. The summed E-state index contributed by atoms with van der Waals surface area (Å²) in [6, 6.07) is 3.85. The number of nitrogens with one attached hydrogen (secondary N) is 1. The molecule has 1 aliphatic carbocycles. The molecule has 0 aromatic heterocycles. The number of nitrogens with zero attached hydrogens (tertiary/aromatic N) is 1. The topological polar surface area (TPSA) is 80.3 Å². The molecule has 1 aromatic rings. The summed E-state index contributed by atoms with van der Waals surface area (Å²) in [6.07, 6.45) is 9.12. The van der Waals surface area contributed by atoms with Crippen molar-refractivity contribution in [3.8, 4) is 17.2 Å². The molecule has 1 aromatic carbocycles. The lowest BCUT2D eigenvalue weighted by Crippen LogP contribution is -2.56. The molecule has 1 saturated carbocycles. The summed E-state index contributed by atoms with van der Waals surface area (Å²) in [6.45, 7) is 3.90. The van der Waals surface area contributed by atoms with Crippen molar-refractivity contribution in [3.05, 3.63) is 17.7 Å². The fourth-order valence-corrected chi connectivity index (χ4v) is 5.65. The van der Waals surface area contributed by atoms with Gasteiger partial charge in [-0.2, -0.15) is 0 Å². The second-order valence-electron chi connectivity index (χ2n) is 9.49. The van der Waals surface area contributed by atoms with Crippen molar-refractivity contribution in [1.29, 1.82) is 0 Å². The highest BCUT2D eigenvalue weighted by Crippen LogP contribution is 2.51. The molecule has 1 aliphatic heterocycles. The molecule has 0 spiro atoms. The Morgan fingerprint density at radius 2 is 1.82 bits per heavy atom. The fourth-order valence-electron chi connectivity index (χ4n) is 5.65. The number of methoxy groups -OCH3 is 3. The Morgan fingerprint density at radius 1 is 1.09 bits per heavy atom. The molecule has 2 N–H and O–H groups in total. The van der Waals surface area contributed by atoms with Gasteiger partial charge in [-0.3, -0.25) is 9.69 Å². The molecule has 2 fully saturated rings. The van der Waals surface area contributed by atoms with Crippen LogP contribution in [0.15, 0.2) is 12.1 Å². The number of aliphatic hydroxyl groups is 1. The Morgan fingerprint density at radius 3 is 2.45 bits per heavy atom. The van der Waals surface area contributed by atoms with Crippen molar-refractivity contribution < 1.29 is 24.1 Å². The molecule has 186 valence electrons. The minimum Gasteiger partial charge on any atom is -0.493 e. The number of carbonyl (C=O) groups is 1. The van der Waals surface area contributed by atoms with Gasteiger partial charge in [-0.05, 0) is 43.4 Å². The number of rotatable bonds is 11. The Kier molecular flexibility index (Phi) is 9.27. The lowest BCUT2D eigenvalue weighted by atomic mass is 9.66. The van der Waals surface area contributed by atoms with Crippen LogP contribution in [0.3, 0.4) is 0 Å². The van der Waals surface area contributed by atoms with Gasteiger partial charge in [-0.25, -0.2) is 0 Å². The molecule has 0 unspecified atom stereocenters. The van der Waals surface area contributed by atoms with Crippen LogP contribution in [0, 0.1) is 5.92 Å². The predicted molar refractivity (Wildman–Crippen MR) is 129 cm³/mol. The lowest BCUT2D eigenvalue weighted by molar-refractivity contribution is -0.137. The van der Waals surface area contributed by atoms with Crippen LogP contribution in [-0.4, -0.2) is 62.5 Å². The maximum Gasteiger partial charge on any atom is 0.234 e. The highest BCUT2D eigenvalue weighted by molar-refractivity contribution is 5.78. The van der Waals surface area contributed by atoms with Gasteiger partial charge < -0.3 is 24.6 Å². The van der Waals surface area contributed by atoms with E-state index in [0.29, 0.717) is 36.8 Å². The second-order valence-corrected chi connectivity index (χ2v) is 9.49. The Hall–Kier alpha value is -1.99. The van der Waals surface area contributed by atoms with Crippen LogP contribution in [0.2, 0.25) is 0 Å². The lowest BCUT2D eigenvalue weighted by Gasteiger charge is -2.52. The molecule has 0 radical (unpaired) electrons.